The van der Waals surface area contributed by atoms with Gasteiger partial charge in [-0.3, -0.25) is 9.78 Å². The van der Waals surface area contributed by atoms with Crippen LogP contribution in [0.15, 0.2) is 18.5 Å². The van der Waals surface area contributed by atoms with E-state index in [-0.39, 0.29) is 17.4 Å². The van der Waals surface area contributed by atoms with Gasteiger partial charge < -0.3 is 10.0 Å². The molecule has 2 fully saturated rings. The number of carboxylic acid groups (broad SMARTS) is 1. The van der Waals surface area contributed by atoms with Gasteiger partial charge in [0, 0.05) is 31.5 Å². The van der Waals surface area contributed by atoms with Crippen LogP contribution in [0.1, 0.15) is 41.6 Å². The number of carbonyl (C=O) groups excluding carboxylic acids is 1. The Kier molecular flexibility index (Phi) is 7.12. The summed E-state index contributed by atoms with van der Waals surface area (Å²) in [6.07, 6.45) is 3.14. The van der Waals surface area contributed by atoms with Gasteiger partial charge in [0.05, 0.1) is 11.8 Å². The number of pyridine rings is 1. The second kappa shape index (κ2) is 8.88. The number of carboxylic acids is 1. The maximum atomic E-state index is 12.5. The zero-order valence-electron chi connectivity index (χ0n) is 16.6. The first-order valence-electron chi connectivity index (χ1n) is 9.19. The predicted molar refractivity (Wildman–Crippen MR) is 101 cm³/mol. The van der Waals surface area contributed by atoms with Crippen LogP contribution in [0.4, 0.5) is 13.2 Å². The van der Waals surface area contributed by atoms with E-state index in [1.54, 1.807) is 12.4 Å². The van der Waals surface area contributed by atoms with E-state index in [0.29, 0.717) is 5.56 Å². The van der Waals surface area contributed by atoms with Crippen molar-refractivity contribution in [3.05, 3.63) is 29.6 Å². The second-order valence-corrected chi connectivity index (χ2v) is 9.62. The molecule has 30 heavy (non-hydrogen) atoms. The predicted octanol–water partition coefficient (Wildman–Crippen LogP) is 1.96. The fourth-order valence-electron chi connectivity index (χ4n) is 3.82. The number of carbonyl (C=O) groups is 2. The highest BCUT2D eigenvalue weighted by molar-refractivity contribution is 7.88. The Morgan fingerprint density at radius 3 is 2.20 bits per heavy atom. The Bertz CT molecular complexity index is 889. The molecule has 1 aliphatic heterocycles. The average Bonchev–Trinajstić information content (AvgIpc) is 2.59. The highest BCUT2D eigenvalue weighted by Gasteiger charge is 2.47. The van der Waals surface area contributed by atoms with Gasteiger partial charge in [-0.15, -0.1) is 0 Å². The smallest absolute Gasteiger partial charge is 0.475 e. The molecular weight excluding hydrogens is 427 g/mol. The van der Waals surface area contributed by atoms with Gasteiger partial charge in [0.15, 0.2) is 0 Å². The van der Waals surface area contributed by atoms with E-state index in [4.69, 9.17) is 9.90 Å². The minimum absolute atomic E-state index is 0.0428. The zero-order chi connectivity index (χ0) is 22.7. The molecule has 1 aliphatic carbocycles. The first kappa shape index (κ1) is 24.1. The SMILES string of the molecule is Cc1cncc(C(=O)N2CCC3(CC2)CC(NS(C)(=O)=O)C3)c1.O=C(O)C(F)(F)F. The number of aryl methyl sites for hydroxylation is 1. The van der Waals surface area contributed by atoms with Gasteiger partial charge in [0.25, 0.3) is 5.91 Å². The van der Waals surface area contributed by atoms with Gasteiger partial charge in [0.2, 0.25) is 10.0 Å². The number of aliphatic carboxylic acids is 1. The van der Waals surface area contributed by atoms with Crippen molar-refractivity contribution in [2.75, 3.05) is 19.3 Å². The van der Waals surface area contributed by atoms with Crippen molar-refractivity contribution in [2.24, 2.45) is 5.41 Å². The fourth-order valence-corrected chi connectivity index (χ4v) is 4.59. The molecule has 3 rings (SSSR count). The van der Waals surface area contributed by atoms with Gasteiger partial charge in [0.1, 0.15) is 0 Å². The van der Waals surface area contributed by atoms with Gasteiger partial charge in [-0.2, -0.15) is 13.2 Å². The molecular formula is C18H24F3N3O5S. The lowest BCUT2D eigenvalue weighted by Gasteiger charge is -2.52. The van der Waals surface area contributed by atoms with Crippen LogP contribution >= 0.6 is 0 Å². The molecule has 2 heterocycles. The number of rotatable bonds is 3. The normalized spacial score (nSPS) is 18.9. The van der Waals surface area contributed by atoms with Crippen molar-refractivity contribution in [3.63, 3.8) is 0 Å². The molecule has 1 saturated heterocycles. The Morgan fingerprint density at radius 2 is 1.77 bits per heavy atom. The summed E-state index contributed by atoms with van der Waals surface area (Å²) in [6, 6.07) is 1.93. The molecule has 0 unspecified atom stereocenters. The minimum atomic E-state index is -5.08. The monoisotopic (exact) mass is 451 g/mol. The second-order valence-electron chi connectivity index (χ2n) is 7.84. The fraction of sp³-hybridized carbons (Fsp3) is 0.611. The number of aromatic nitrogens is 1. The molecule has 168 valence electrons. The van der Waals surface area contributed by atoms with Crippen molar-refractivity contribution < 1.29 is 36.3 Å². The van der Waals surface area contributed by atoms with E-state index in [1.165, 1.54) is 6.26 Å². The van der Waals surface area contributed by atoms with Crippen LogP contribution in [0.25, 0.3) is 0 Å². The summed E-state index contributed by atoms with van der Waals surface area (Å²) in [7, 11) is -3.13. The van der Waals surface area contributed by atoms with E-state index in [1.807, 2.05) is 17.9 Å². The first-order valence-corrected chi connectivity index (χ1v) is 11.1. The quantitative estimate of drug-likeness (QED) is 0.726. The standard InChI is InChI=1S/C16H23N3O3S.C2HF3O2/c1-12-7-13(11-17-10-12)15(20)19-5-3-16(4-6-19)8-14(9-16)18-23(2,21)22;3-2(4,5)1(6)7/h7,10-11,14,18H,3-6,8-9H2,1-2H3;(H,6,7). The molecule has 1 spiro atoms. The number of likely N-dealkylation sites (tertiary alicyclic amines) is 1. The Morgan fingerprint density at radius 1 is 1.23 bits per heavy atom. The van der Waals surface area contributed by atoms with Crippen LogP contribution in [-0.4, -0.2) is 66.8 Å². The van der Waals surface area contributed by atoms with Gasteiger partial charge in [-0.1, -0.05) is 0 Å². The summed E-state index contributed by atoms with van der Waals surface area (Å²) < 4.78 is 56.9. The lowest BCUT2D eigenvalue weighted by atomic mass is 9.60. The van der Waals surface area contributed by atoms with Gasteiger partial charge >= 0.3 is 12.1 Å². The number of sulfonamides is 1. The number of hydrogen-bond acceptors (Lipinski definition) is 5. The Labute approximate surface area is 172 Å². The van der Waals surface area contributed by atoms with Crippen LogP contribution in [0.3, 0.4) is 0 Å². The maximum absolute atomic E-state index is 12.5. The molecule has 1 aromatic heterocycles. The van der Waals surface area contributed by atoms with Gasteiger partial charge in [-0.25, -0.2) is 17.9 Å². The molecule has 2 aliphatic rings. The third kappa shape index (κ3) is 6.66. The number of nitrogens with zero attached hydrogens (tertiary/aromatic N) is 2. The summed E-state index contributed by atoms with van der Waals surface area (Å²) in [5, 5.41) is 7.12. The summed E-state index contributed by atoms with van der Waals surface area (Å²) in [5.41, 5.74) is 1.84. The highest BCUT2D eigenvalue weighted by Crippen LogP contribution is 2.49. The van der Waals surface area contributed by atoms with Crippen molar-refractivity contribution in [1.82, 2.24) is 14.6 Å². The average molecular weight is 451 g/mol. The number of nitrogens with one attached hydrogen (secondary N) is 1. The van der Waals surface area contributed by atoms with Crippen molar-refractivity contribution >= 4 is 21.9 Å². The topological polar surface area (TPSA) is 117 Å². The Balaban J connectivity index is 0.000000396. The van der Waals surface area contributed by atoms with Crippen LogP contribution in [0.5, 0.6) is 0 Å². The summed E-state index contributed by atoms with van der Waals surface area (Å²) in [6.45, 7) is 3.40. The molecule has 0 radical (unpaired) electrons. The molecule has 0 atom stereocenters. The number of halogens is 3. The summed E-state index contributed by atoms with van der Waals surface area (Å²) >= 11 is 0. The lowest BCUT2D eigenvalue weighted by molar-refractivity contribution is -0.192. The van der Waals surface area contributed by atoms with E-state index in [9.17, 15) is 26.4 Å². The zero-order valence-corrected chi connectivity index (χ0v) is 17.4. The number of piperidine rings is 1. The van der Waals surface area contributed by atoms with Crippen LogP contribution in [0.2, 0.25) is 0 Å². The van der Waals surface area contributed by atoms with E-state index in [0.717, 1.165) is 44.3 Å². The van der Waals surface area contributed by atoms with Crippen molar-refractivity contribution in [3.8, 4) is 0 Å². The highest BCUT2D eigenvalue weighted by atomic mass is 32.2. The summed E-state index contributed by atoms with van der Waals surface area (Å²) in [5.74, 6) is -2.71. The Hall–Kier alpha value is -2.21. The van der Waals surface area contributed by atoms with Crippen molar-refractivity contribution in [1.29, 1.82) is 0 Å². The molecule has 2 N–H and O–H groups in total. The maximum Gasteiger partial charge on any atom is 0.490 e. The first-order chi connectivity index (χ1) is 13.7. The van der Waals surface area contributed by atoms with Crippen LogP contribution < -0.4 is 4.72 Å². The van der Waals surface area contributed by atoms with Gasteiger partial charge in [-0.05, 0) is 49.7 Å². The number of amides is 1. The molecule has 1 saturated carbocycles. The van der Waals surface area contributed by atoms with Crippen molar-refractivity contribution in [2.45, 2.75) is 44.8 Å². The molecule has 1 amide bonds. The number of hydrogen-bond donors (Lipinski definition) is 2. The molecule has 8 nitrogen and oxygen atoms in total. The van der Waals surface area contributed by atoms with E-state index < -0.39 is 22.2 Å². The van der Waals surface area contributed by atoms with Crippen LogP contribution in [-0.2, 0) is 14.8 Å². The largest absolute Gasteiger partial charge is 0.490 e. The summed E-state index contributed by atoms with van der Waals surface area (Å²) in [4.78, 5) is 27.4. The van der Waals surface area contributed by atoms with E-state index >= 15 is 0 Å². The molecule has 12 heteroatoms. The van der Waals surface area contributed by atoms with E-state index in [2.05, 4.69) is 9.71 Å². The lowest BCUT2D eigenvalue weighted by Crippen LogP contribution is -2.55. The number of alkyl halides is 3. The molecule has 0 bridgehead atoms. The molecule has 1 aromatic rings. The minimum Gasteiger partial charge on any atom is -0.475 e. The molecule has 0 aromatic carbocycles. The van der Waals surface area contributed by atoms with Crippen LogP contribution in [0, 0.1) is 12.3 Å². The third-order valence-corrected chi connectivity index (χ3v) is 5.98. The third-order valence-electron chi connectivity index (χ3n) is 5.22.